The van der Waals surface area contributed by atoms with E-state index in [9.17, 15) is 4.39 Å². The van der Waals surface area contributed by atoms with Gasteiger partial charge in [-0.2, -0.15) is 0 Å². The van der Waals surface area contributed by atoms with Gasteiger partial charge in [0.25, 0.3) is 0 Å². The molecule has 0 amide bonds. The van der Waals surface area contributed by atoms with Crippen LogP contribution in [0.25, 0.3) is 11.1 Å². The van der Waals surface area contributed by atoms with Gasteiger partial charge in [-0.3, -0.25) is 0 Å². The van der Waals surface area contributed by atoms with Crippen molar-refractivity contribution in [2.75, 3.05) is 31.2 Å². The summed E-state index contributed by atoms with van der Waals surface area (Å²) in [4.78, 5) is 10.7. The molecule has 2 N–H and O–H groups in total. The summed E-state index contributed by atoms with van der Waals surface area (Å²) in [5.41, 5.74) is 7.15. The third-order valence-corrected chi connectivity index (χ3v) is 3.54. The number of hydrogen-bond donors (Lipinski definition) is 1. The number of halogens is 1. The van der Waals surface area contributed by atoms with Crippen LogP contribution in [0, 0.1) is 5.82 Å². The van der Waals surface area contributed by atoms with Gasteiger partial charge >= 0.3 is 0 Å². The van der Waals surface area contributed by atoms with Crippen molar-refractivity contribution in [2.24, 2.45) is 5.73 Å². The van der Waals surface area contributed by atoms with Crippen molar-refractivity contribution in [1.82, 2.24) is 9.97 Å². The molecule has 1 aromatic heterocycles. The van der Waals surface area contributed by atoms with E-state index in [0.717, 1.165) is 13.1 Å². The molecule has 1 aliphatic heterocycles. The quantitative estimate of drug-likeness (QED) is 0.929. The van der Waals surface area contributed by atoms with Crippen molar-refractivity contribution >= 4 is 5.95 Å². The fraction of sp³-hybridized carbons (Fsp3) is 0.333. The van der Waals surface area contributed by atoms with E-state index < -0.39 is 0 Å². The highest BCUT2D eigenvalue weighted by Crippen LogP contribution is 2.24. The normalized spacial score (nSPS) is 15.2. The largest absolute Gasteiger partial charge is 0.378 e. The summed E-state index contributed by atoms with van der Waals surface area (Å²) < 4.78 is 19.5. The lowest BCUT2D eigenvalue weighted by Gasteiger charge is -2.26. The molecule has 1 saturated heterocycles. The van der Waals surface area contributed by atoms with Crippen molar-refractivity contribution in [3.8, 4) is 11.1 Å². The number of ether oxygens (including phenoxy) is 1. The molecule has 0 atom stereocenters. The van der Waals surface area contributed by atoms with Crippen molar-refractivity contribution < 1.29 is 9.13 Å². The second kappa shape index (κ2) is 6.15. The molecule has 5 nitrogen and oxygen atoms in total. The standard InChI is InChI=1S/C15H17FN4O/c16-14-11(8-17)2-1-3-13(14)12-9-18-15(19-10-12)20-4-6-21-7-5-20/h1-3,9-10H,4-8,17H2. The van der Waals surface area contributed by atoms with Crippen molar-refractivity contribution in [3.05, 3.63) is 42.0 Å². The minimum atomic E-state index is -0.303. The third kappa shape index (κ3) is 2.86. The Labute approximate surface area is 122 Å². The van der Waals surface area contributed by atoms with Crippen molar-refractivity contribution in [3.63, 3.8) is 0 Å². The minimum absolute atomic E-state index is 0.173. The third-order valence-electron chi connectivity index (χ3n) is 3.54. The van der Waals surface area contributed by atoms with Crippen LogP contribution in [-0.2, 0) is 11.3 Å². The number of hydrogen-bond acceptors (Lipinski definition) is 5. The molecule has 0 spiro atoms. The molecule has 1 aromatic carbocycles. The summed E-state index contributed by atoms with van der Waals surface area (Å²) in [6, 6.07) is 5.18. The number of anilines is 1. The molecule has 1 aliphatic rings. The Morgan fingerprint density at radius 1 is 1.19 bits per heavy atom. The summed E-state index contributed by atoms with van der Waals surface area (Å²) in [7, 11) is 0. The molecule has 0 unspecified atom stereocenters. The van der Waals surface area contributed by atoms with Gasteiger partial charge in [0.15, 0.2) is 0 Å². The van der Waals surface area contributed by atoms with Crippen molar-refractivity contribution in [1.29, 1.82) is 0 Å². The number of morpholine rings is 1. The Balaban J connectivity index is 1.87. The predicted molar refractivity (Wildman–Crippen MR) is 78.3 cm³/mol. The van der Waals surface area contributed by atoms with Crippen LogP contribution in [0.3, 0.4) is 0 Å². The molecular formula is C15H17FN4O. The number of rotatable bonds is 3. The molecule has 21 heavy (non-hydrogen) atoms. The summed E-state index contributed by atoms with van der Waals surface area (Å²) in [6.07, 6.45) is 3.30. The van der Waals surface area contributed by atoms with Crippen LogP contribution in [-0.4, -0.2) is 36.3 Å². The molecule has 0 bridgehead atoms. The monoisotopic (exact) mass is 288 g/mol. The van der Waals surface area contributed by atoms with Gasteiger partial charge in [-0.25, -0.2) is 14.4 Å². The molecule has 2 aromatic rings. The van der Waals surface area contributed by atoms with E-state index in [4.69, 9.17) is 10.5 Å². The maximum Gasteiger partial charge on any atom is 0.225 e. The Morgan fingerprint density at radius 3 is 2.57 bits per heavy atom. The fourth-order valence-electron chi connectivity index (χ4n) is 2.35. The average molecular weight is 288 g/mol. The zero-order valence-electron chi connectivity index (χ0n) is 11.6. The van der Waals surface area contributed by atoms with E-state index >= 15 is 0 Å². The summed E-state index contributed by atoms with van der Waals surface area (Å²) >= 11 is 0. The van der Waals surface area contributed by atoms with E-state index in [-0.39, 0.29) is 12.4 Å². The van der Waals surface area contributed by atoms with E-state index in [0.29, 0.717) is 35.9 Å². The average Bonchev–Trinajstić information content (AvgIpc) is 2.56. The molecule has 0 radical (unpaired) electrons. The molecular weight excluding hydrogens is 271 g/mol. The Kier molecular flexibility index (Phi) is 4.08. The molecule has 6 heteroatoms. The topological polar surface area (TPSA) is 64.3 Å². The summed E-state index contributed by atoms with van der Waals surface area (Å²) in [5, 5.41) is 0. The Bertz CT molecular complexity index is 612. The van der Waals surface area contributed by atoms with Gasteiger partial charge in [0, 0.05) is 48.7 Å². The lowest BCUT2D eigenvalue weighted by molar-refractivity contribution is 0.122. The first kappa shape index (κ1) is 13.9. The van der Waals surface area contributed by atoms with E-state index in [1.807, 2.05) is 0 Å². The van der Waals surface area contributed by atoms with Crippen molar-refractivity contribution in [2.45, 2.75) is 6.54 Å². The lowest BCUT2D eigenvalue weighted by atomic mass is 10.0. The van der Waals surface area contributed by atoms with Crippen LogP contribution in [0.2, 0.25) is 0 Å². The molecule has 3 rings (SSSR count). The molecule has 0 aliphatic carbocycles. The van der Waals surface area contributed by atoms with Crippen LogP contribution in [0.1, 0.15) is 5.56 Å². The smallest absolute Gasteiger partial charge is 0.225 e. The second-order valence-corrected chi connectivity index (χ2v) is 4.85. The number of benzene rings is 1. The van der Waals surface area contributed by atoms with Gasteiger partial charge in [0.1, 0.15) is 5.82 Å². The maximum absolute atomic E-state index is 14.3. The van der Waals surface area contributed by atoms with Gasteiger partial charge < -0.3 is 15.4 Å². The highest BCUT2D eigenvalue weighted by Gasteiger charge is 2.15. The zero-order valence-corrected chi connectivity index (χ0v) is 11.6. The molecule has 110 valence electrons. The first-order chi connectivity index (χ1) is 10.3. The Morgan fingerprint density at radius 2 is 1.90 bits per heavy atom. The zero-order chi connectivity index (χ0) is 14.7. The maximum atomic E-state index is 14.3. The van der Waals surface area contributed by atoms with E-state index in [1.54, 1.807) is 30.6 Å². The van der Waals surface area contributed by atoms with Gasteiger partial charge in [-0.05, 0) is 0 Å². The molecule has 0 saturated carbocycles. The van der Waals surface area contributed by atoms with Gasteiger partial charge in [0.05, 0.1) is 13.2 Å². The fourth-order valence-corrected chi connectivity index (χ4v) is 2.35. The number of nitrogens with two attached hydrogens (primary N) is 1. The number of aromatic nitrogens is 2. The van der Waals surface area contributed by atoms with Crippen LogP contribution >= 0.6 is 0 Å². The van der Waals surface area contributed by atoms with E-state index in [1.165, 1.54) is 0 Å². The molecule has 1 fully saturated rings. The Hall–Kier alpha value is -2.05. The first-order valence-electron chi connectivity index (χ1n) is 6.92. The van der Waals surface area contributed by atoms with Gasteiger partial charge in [-0.15, -0.1) is 0 Å². The first-order valence-corrected chi connectivity index (χ1v) is 6.92. The van der Waals surface area contributed by atoms with Crippen LogP contribution in [0.15, 0.2) is 30.6 Å². The lowest BCUT2D eigenvalue weighted by Crippen LogP contribution is -2.37. The predicted octanol–water partition coefficient (Wildman–Crippen LogP) is 1.58. The highest BCUT2D eigenvalue weighted by molar-refractivity contribution is 5.64. The van der Waals surface area contributed by atoms with Crippen LogP contribution in [0.5, 0.6) is 0 Å². The van der Waals surface area contributed by atoms with E-state index in [2.05, 4.69) is 14.9 Å². The van der Waals surface area contributed by atoms with Crippen LogP contribution < -0.4 is 10.6 Å². The molecule has 2 heterocycles. The van der Waals surface area contributed by atoms with Crippen LogP contribution in [0.4, 0.5) is 10.3 Å². The summed E-state index contributed by atoms with van der Waals surface area (Å²) in [5.74, 6) is 0.347. The van der Waals surface area contributed by atoms with Gasteiger partial charge in [0.2, 0.25) is 5.95 Å². The number of nitrogens with zero attached hydrogens (tertiary/aromatic N) is 3. The minimum Gasteiger partial charge on any atom is -0.378 e. The SMILES string of the molecule is NCc1cccc(-c2cnc(N3CCOCC3)nc2)c1F. The second-order valence-electron chi connectivity index (χ2n) is 4.85. The van der Waals surface area contributed by atoms with Gasteiger partial charge in [-0.1, -0.05) is 18.2 Å². The highest BCUT2D eigenvalue weighted by atomic mass is 19.1. The summed E-state index contributed by atoms with van der Waals surface area (Å²) in [6.45, 7) is 3.08.